The summed E-state index contributed by atoms with van der Waals surface area (Å²) < 4.78 is 10.5. The van der Waals surface area contributed by atoms with Crippen LogP contribution in [0.15, 0.2) is 0 Å². The second-order valence-electron chi connectivity index (χ2n) is 6.90. The third kappa shape index (κ3) is 3.74. The second-order valence-corrected chi connectivity index (χ2v) is 7.90. The number of ether oxygens (including phenoxy) is 2. The second kappa shape index (κ2) is 7.77. The molecule has 8 nitrogen and oxygen atoms in total. The molecular weight excluding hydrogens is 370 g/mol. The average molecular weight is 393 g/mol. The first-order valence-electron chi connectivity index (χ1n) is 8.70. The fourth-order valence-electron chi connectivity index (χ4n) is 3.53. The minimum absolute atomic E-state index is 0.140. The van der Waals surface area contributed by atoms with Gasteiger partial charge in [-0.2, -0.15) is 4.98 Å². The van der Waals surface area contributed by atoms with Crippen molar-refractivity contribution in [2.45, 2.75) is 26.9 Å². The molecule has 2 aromatic heterocycles. The van der Waals surface area contributed by atoms with E-state index in [0.717, 1.165) is 5.56 Å². The number of carboxylic acids is 1. The van der Waals surface area contributed by atoms with Crippen LogP contribution >= 0.6 is 11.3 Å². The number of nitrogens with zero attached hydrogens (tertiary/aromatic N) is 3. The first-order valence-corrected chi connectivity index (χ1v) is 9.52. The van der Waals surface area contributed by atoms with Crippen LogP contribution in [0, 0.1) is 18.8 Å². The molecule has 27 heavy (non-hydrogen) atoms. The molecule has 1 amide bonds. The van der Waals surface area contributed by atoms with E-state index in [4.69, 9.17) is 9.47 Å². The number of hydrogen-bond acceptors (Lipinski definition) is 7. The van der Waals surface area contributed by atoms with Crippen LogP contribution in [0.2, 0.25) is 0 Å². The maximum Gasteiger partial charge on any atom is 0.308 e. The van der Waals surface area contributed by atoms with Crippen LogP contribution in [-0.2, 0) is 16.1 Å². The molecule has 0 aromatic carbocycles. The summed E-state index contributed by atoms with van der Waals surface area (Å²) in [6.07, 6.45) is 0.587. The molecule has 146 valence electrons. The van der Waals surface area contributed by atoms with Gasteiger partial charge in [-0.15, -0.1) is 11.3 Å². The summed E-state index contributed by atoms with van der Waals surface area (Å²) in [5.74, 6) is -0.515. The Bertz CT molecular complexity index is 881. The molecule has 2 atom stereocenters. The number of carbonyl (C=O) groups excluding carboxylic acids is 1. The molecule has 1 fully saturated rings. The predicted octanol–water partition coefficient (Wildman–Crippen LogP) is 2.34. The van der Waals surface area contributed by atoms with E-state index < -0.39 is 11.9 Å². The van der Waals surface area contributed by atoms with E-state index in [9.17, 15) is 14.7 Å². The van der Waals surface area contributed by atoms with Gasteiger partial charge < -0.3 is 19.5 Å². The lowest BCUT2D eigenvalue weighted by Gasteiger charge is -2.34. The van der Waals surface area contributed by atoms with E-state index in [1.807, 2.05) is 13.8 Å². The van der Waals surface area contributed by atoms with Crippen LogP contribution in [0.3, 0.4) is 0 Å². The largest absolute Gasteiger partial charge is 0.481 e. The number of likely N-dealkylation sites (tertiary alicyclic amines) is 1. The molecule has 0 radical (unpaired) electrons. The number of hydrogen-bond donors (Lipinski definition) is 1. The number of carbonyl (C=O) groups is 2. The summed E-state index contributed by atoms with van der Waals surface area (Å²) in [6.45, 7) is 4.84. The topological polar surface area (TPSA) is 102 Å². The first-order chi connectivity index (χ1) is 12.8. The molecular formula is C18H23N3O5S. The summed E-state index contributed by atoms with van der Waals surface area (Å²) in [5, 5.41) is 10.1. The van der Waals surface area contributed by atoms with Gasteiger partial charge in [-0.05, 0) is 24.8 Å². The molecule has 1 aliphatic heterocycles. The zero-order chi connectivity index (χ0) is 19.7. The van der Waals surface area contributed by atoms with Gasteiger partial charge in [0.2, 0.25) is 5.88 Å². The fourth-order valence-corrected chi connectivity index (χ4v) is 4.69. The number of aromatic nitrogens is 2. The van der Waals surface area contributed by atoms with Gasteiger partial charge in [-0.1, -0.05) is 6.92 Å². The smallest absolute Gasteiger partial charge is 0.308 e. The average Bonchev–Trinajstić information content (AvgIpc) is 2.96. The number of amides is 1. The monoisotopic (exact) mass is 393 g/mol. The SMILES string of the molecule is COCc1nc(OC)c2c(C)c(C(=O)N3CC(C)CC(C(=O)O)C3)sc2n1. The Morgan fingerprint density at radius 2 is 2.04 bits per heavy atom. The molecule has 0 aliphatic carbocycles. The number of methoxy groups -OCH3 is 2. The molecule has 2 aromatic rings. The van der Waals surface area contributed by atoms with E-state index in [0.29, 0.717) is 39.8 Å². The number of piperidine rings is 1. The Labute approximate surface area is 161 Å². The molecule has 1 N–H and O–H groups in total. The third-order valence-corrected chi connectivity index (χ3v) is 5.93. The highest BCUT2D eigenvalue weighted by atomic mass is 32.1. The minimum atomic E-state index is -0.857. The van der Waals surface area contributed by atoms with Crippen molar-refractivity contribution in [3.05, 3.63) is 16.3 Å². The summed E-state index contributed by atoms with van der Waals surface area (Å²) in [6, 6.07) is 0. The van der Waals surface area contributed by atoms with Gasteiger partial charge in [-0.25, -0.2) is 4.98 Å². The standard InChI is InChI=1S/C18H23N3O5S/c1-9-5-11(18(23)24)7-21(6-9)17(22)14-10(2)13-15(26-4)19-12(8-25-3)20-16(13)27-14/h9,11H,5-8H2,1-4H3,(H,23,24). The molecule has 2 unspecified atom stereocenters. The lowest BCUT2D eigenvalue weighted by Crippen LogP contribution is -2.45. The summed E-state index contributed by atoms with van der Waals surface area (Å²) >= 11 is 1.28. The minimum Gasteiger partial charge on any atom is -0.481 e. The Morgan fingerprint density at radius 1 is 1.30 bits per heavy atom. The van der Waals surface area contributed by atoms with Crippen LogP contribution in [0.25, 0.3) is 10.2 Å². The quantitative estimate of drug-likeness (QED) is 0.832. The normalized spacial score (nSPS) is 20.1. The van der Waals surface area contributed by atoms with E-state index in [1.54, 1.807) is 12.0 Å². The van der Waals surface area contributed by atoms with Crippen molar-refractivity contribution in [3.63, 3.8) is 0 Å². The van der Waals surface area contributed by atoms with Crippen LogP contribution in [-0.4, -0.2) is 59.2 Å². The van der Waals surface area contributed by atoms with Crippen molar-refractivity contribution >= 4 is 33.4 Å². The Hall–Kier alpha value is -2.26. The van der Waals surface area contributed by atoms with Gasteiger partial charge in [0.25, 0.3) is 5.91 Å². The number of thiophene rings is 1. The van der Waals surface area contributed by atoms with Crippen LogP contribution < -0.4 is 4.74 Å². The number of aliphatic carboxylic acids is 1. The lowest BCUT2D eigenvalue weighted by molar-refractivity contribution is -0.143. The maximum atomic E-state index is 13.1. The van der Waals surface area contributed by atoms with Crippen molar-refractivity contribution in [2.24, 2.45) is 11.8 Å². The van der Waals surface area contributed by atoms with Gasteiger partial charge in [0, 0.05) is 20.2 Å². The molecule has 0 bridgehead atoms. The van der Waals surface area contributed by atoms with Crippen molar-refractivity contribution in [3.8, 4) is 5.88 Å². The highest BCUT2D eigenvalue weighted by Gasteiger charge is 2.34. The summed E-state index contributed by atoms with van der Waals surface area (Å²) in [5.41, 5.74) is 0.755. The van der Waals surface area contributed by atoms with Crippen LogP contribution in [0.5, 0.6) is 5.88 Å². The van der Waals surface area contributed by atoms with Crippen LogP contribution in [0.4, 0.5) is 0 Å². The lowest BCUT2D eigenvalue weighted by atomic mass is 9.90. The first kappa shape index (κ1) is 19.5. The molecule has 0 saturated carbocycles. The van der Waals surface area contributed by atoms with Crippen molar-refractivity contribution in [1.29, 1.82) is 0 Å². The Kier molecular flexibility index (Phi) is 5.61. The van der Waals surface area contributed by atoms with Crippen molar-refractivity contribution in [1.82, 2.24) is 14.9 Å². The molecule has 0 spiro atoms. The Morgan fingerprint density at radius 3 is 2.67 bits per heavy atom. The highest BCUT2D eigenvalue weighted by Crippen LogP contribution is 2.36. The zero-order valence-corrected chi connectivity index (χ0v) is 16.6. The maximum absolute atomic E-state index is 13.1. The molecule has 3 rings (SSSR count). The summed E-state index contributed by atoms with van der Waals surface area (Å²) in [7, 11) is 3.09. The van der Waals surface area contributed by atoms with E-state index in [1.165, 1.54) is 18.4 Å². The number of rotatable bonds is 5. The number of fused-ring (bicyclic) bond motifs is 1. The van der Waals surface area contributed by atoms with Gasteiger partial charge >= 0.3 is 5.97 Å². The van der Waals surface area contributed by atoms with E-state index in [2.05, 4.69) is 9.97 Å². The summed E-state index contributed by atoms with van der Waals surface area (Å²) in [4.78, 5) is 36.2. The van der Waals surface area contributed by atoms with Crippen LogP contribution in [0.1, 0.15) is 34.4 Å². The van der Waals surface area contributed by atoms with Gasteiger partial charge in [0.1, 0.15) is 11.4 Å². The van der Waals surface area contributed by atoms with Gasteiger partial charge in [0.15, 0.2) is 5.82 Å². The van der Waals surface area contributed by atoms with E-state index in [-0.39, 0.29) is 25.0 Å². The van der Waals surface area contributed by atoms with Gasteiger partial charge in [-0.3, -0.25) is 9.59 Å². The number of carboxylic acid groups (broad SMARTS) is 1. The third-order valence-electron chi connectivity index (χ3n) is 4.76. The van der Waals surface area contributed by atoms with Crippen molar-refractivity contribution in [2.75, 3.05) is 27.3 Å². The van der Waals surface area contributed by atoms with E-state index >= 15 is 0 Å². The molecule has 3 heterocycles. The highest BCUT2D eigenvalue weighted by molar-refractivity contribution is 7.20. The fraction of sp³-hybridized carbons (Fsp3) is 0.556. The van der Waals surface area contributed by atoms with Crippen molar-refractivity contribution < 1.29 is 24.2 Å². The number of aryl methyl sites for hydroxylation is 1. The predicted molar refractivity (Wildman–Crippen MR) is 100 cm³/mol. The van der Waals surface area contributed by atoms with Gasteiger partial charge in [0.05, 0.1) is 23.3 Å². The molecule has 1 aliphatic rings. The Balaban J connectivity index is 1.99. The molecule has 1 saturated heterocycles. The zero-order valence-electron chi connectivity index (χ0n) is 15.8. The molecule has 9 heteroatoms.